The molecule has 1 aromatic carbocycles. The molecule has 5 nitrogen and oxygen atoms in total. The number of carbonyl (C=O) groups is 1. The Kier molecular flexibility index (Phi) is 5.76. The average molecular weight is 488 g/mol. The highest BCUT2D eigenvalue weighted by Gasteiger charge is 2.59. The molecule has 10 heteroatoms. The summed E-state index contributed by atoms with van der Waals surface area (Å²) in [5.74, 6) is -1.77. The van der Waals surface area contributed by atoms with E-state index in [0.29, 0.717) is 5.56 Å². The van der Waals surface area contributed by atoms with E-state index < -0.39 is 35.6 Å². The Labute approximate surface area is 178 Å². The molecule has 0 amide bonds. The first-order chi connectivity index (χ1) is 13.9. The highest BCUT2D eigenvalue weighted by atomic mass is 79.9. The van der Waals surface area contributed by atoms with Crippen LogP contribution < -0.4 is 5.73 Å². The highest BCUT2D eigenvalue weighted by Crippen LogP contribution is 2.41. The summed E-state index contributed by atoms with van der Waals surface area (Å²) in [7, 11) is 0. The van der Waals surface area contributed by atoms with Crippen LogP contribution >= 0.6 is 15.9 Å². The summed E-state index contributed by atoms with van der Waals surface area (Å²) in [5.41, 5.74) is 2.04. The van der Waals surface area contributed by atoms with Crippen molar-refractivity contribution in [3.05, 3.63) is 63.6 Å². The number of carbonyl (C=O) groups excluding carboxylic acids is 1. The Hall–Kier alpha value is -2.33. The number of pyridine rings is 1. The smallest absolute Gasteiger partial charge is 0.385 e. The van der Waals surface area contributed by atoms with E-state index in [-0.39, 0.29) is 23.5 Å². The molecule has 0 unspecified atom stereocenters. The van der Waals surface area contributed by atoms with E-state index in [4.69, 9.17) is 10.5 Å². The number of hydrogen-bond acceptors (Lipinski definition) is 5. The summed E-state index contributed by atoms with van der Waals surface area (Å²) in [5, 5.41) is 0. The van der Waals surface area contributed by atoms with Crippen molar-refractivity contribution in [2.75, 3.05) is 6.61 Å². The van der Waals surface area contributed by atoms with Gasteiger partial charge in [0, 0.05) is 22.7 Å². The van der Waals surface area contributed by atoms with Crippen molar-refractivity contribution in [1.29, 1.82) is 0 Å². The molecule has 160 valence electrons. The summed E-state index contributed by atoms with van der Waals surface area (Å²) < 4.78 is 60.2. The number of aromatic nitrogens is 1. The Balaban J connectivity index is 1.92. The number of aliphatic imine (C=N–C) groups is 1. The molecule has 1 aliphatic heterocycles. The summed E-state index contributed by atoms with van der Waals surface area (Å²) in [6.07, 6.45) is -3.36. The van der Waals surface area contributed by atoms with Gasteiger partial charge in [-0.15, -0.1) is 0 Å². The number of nitrogens with zero attached hydrogens (tertiary/aromatic N) is 2. The van der Waals surface area contributed by atoms with Gasteiger partial charge >= 0.3 is 6.18 Å². The molecule has 1 aliphatic rings. The van der Waals surface area contributed by atoms with Crippen LogP contribution in [0.25, 0.3) is 0 Å². The van der Waals surface area contributed by atoms with E-state index >= 15 is 0 Å². The van der Waals surface area contributed by atoms with Crippen molar-refractivity contribution in [1.82, 2.24) is 4.98 Å². The second-order valence-electron chi connectivity index (χ2n) is 7.37. The molecule has 0 bridgehead atoms. The largest absolute Gasteiger partial charge is 0.424 e. The monoisotopic (exact) mass is 487 g/mol. The molecule has 2 aromatic rings. The van der Waals surface area contributed by atoms with Crippen LogP contribution in [-0.4, -0.2) is 35.0 Å². The molecule has 2 heterocycles. The van der Waals surface area contributed by atoms with E-state index in [9.17, 15) is 22.4 Å². The van der Waals surface area contributed by atoms with Gasteiger partial charge in [-0.05, 0) is 59.6 Å². The molecule has 30 heavy (non-hydrogen) atoms. The second kappa shape index (κ2) is 7.73. The van der Waals surface area contributed by atoms with Gasteiger partial charge in [0.1, 0.15) is 22.9 Å². The Bertz CT molecular complexity index is 1010. The predicted octanol–water partition coefficient (Wildman–Crippen LogP) is 4.33. The zero-order valence-electron chi connectivity index (χ0n) is 16.1. The topological polar surface area (TPSA) is 77.6 Å². The molecule has 0 radical (unpaired) electrons. The van der Waals surface area contributed by atoms with Crippen LogP contribution in [0.3, 0.4) is 0 Å². The van der Waals surface area contributed by atoms with Gasteiger partial charge in [0.2, 0.25) is 5.60 Å². The molecule has 0 fully saturated rings. The van der Waals surface area contributed by atoms with Crippen LogP contribution in [0.4, 0.5) is 17.6 Å². The third kappa shape index (κ3) is 4.11. The maximum Gasteiger partial charge on any atom is 0.424 e. The van der Waals surface area contributed by atoms with Gasteiger partial charge in [-0.25, -0.2) is 4.39 Å². The standard InChI is InChI=1S/C20H18BrF4N3O2/c1-18(10-30-19(2,17(26)28-18)20(23,24)25)13-7-11(3-5-14(13)22)8-16(29)15-6-4-12(21)9-27-15/h3-7,9H,8,10H2,1-2H3,(H2,26,28)/t18-,19+/m0/s1. The lowest BCUT2D eigenvalue weighted by Gasteiger charge is -2.41. The number of rotatable bonds is 4. The van der Waals surface area contributed by atoms with Crippen molar-refractivity contribution in [3.63, 3.8) is 0 Å². The lowest BCUT2D eigenvalue weighted by Crippen LogP contribution is -2.60. The molecule has 2 atom stereocenters. The molecule has 0 saturated heterocycles. The summed E-state index contributed by atoms with van der Waals surface area (Å²) in [6, 6.07) is 7.18. The first-order valence-electron chi connectivity index (χ1n) is 8.86. The van der Waals surface area contributed by atoms with E-state index in [1.54, 1.807) is 12.1 Å². The third-order valence-corrected chi connectivity index (χ3v) is 5.50. The maximum absolute atomic E-state index is 14.6. The Morgan fingerprint density at radius 2 is 1.97 bits per heavy atom. The van der Waals surface area contributed by atoms with Crippen LogP contribution in [0, 0.1) is 5.82 Å². The molecule has 3 rings (SSSR count). The first-order valence-corrected chi connectivity index (χ1v) is 9.65. The van der Waals surface area contributed by atoms with Crippen molar-refractivity contribution >= 4 is 27.5 Å². The number of hydrogen-bond donors (Lipinski definition) is 1. The predicted molar refractivity (Wildman–Crippen MR) is 106 cm³/mol. The maximum atomic E-state index is 14.6. The fraction of sp³-hybridized carbons (Fsp3) is 0.350. The minimum absolute atomic E-state index is 0.0104. The minimum atomic E-state index is -4.77. The van der Waals surface area contributed by atoms with Crippen molar-refractivity contribution in [2.45, 2.75) is 37.6 Å². The molecule has 0 aliphatic carbocycles. The van der Waals surface area contributed by atoms with E-state index in [1.165, 1.54) is 25.3 Å². The summed E-state index contributed by atoms with van der Waals surface area (Å²) in [6.45, 7) is 1.67. The molecule has 0 spiro atoms. The van der Waals surface area contributed by atoms with Gasteiger partial charge in [-0.1, -0.05) is 6.07 Å². The summed E-state index contributed by atoms with van der Waals surface area (Å²) >= 11 is 3.23. The average Bonchev–Trinajstić information content (AvgIpc) is 2.66. The second-order valence-corrected chi connectivity index (χ2v) is 8.28. The van der Waals surface area contributed by atoms with Gasteiger partial charge in [0.05, 0.1) is 6.61 Å². The number of amidine groups is 1. The fourth-order valence-corrected chi connectivity index (χ4v) is 3.28. The molecular formula is C20H18BrF4N3O2. The number of alkyl halides is 3. The Morgan fingerprint density at radius 1 is 1.27 bits per heavy atom. The highest BCUT2D eigenvalue weighted by molar-refractivity contribution is 9.10. The molecule has 0 saturated carbocycles. The first kappa shape index (κ1) is 22.4. The van der Waals surface area contributed by atoms with E-state index in [2.05, 4.69) is 25.9 Å². The van der Waals surface area contributed by atoms with Crippen LogP contribution in [0.2, 0.25) is 0 Å². The molecular weight excluding hydrogens is 470 g/mol. The van der Waals surface area contributed by atoms with Gasteiger partial charge in [0.25, 0.3) is 0 Å². The van der Waals surface area contributed by atoms with Gasteiger partial charge in [-0.3, -0.25) is 14.8 Å². The number of ketones is 1. The lowest BCUT2D eigenvalue weighted by atomic mass is 9.88. The molecule has 2 N–H and O–H groups in total. The lowest BCUT2D eigenvalue weighted by molar-refractivity contribution is -0.249. The van der Waals surface area contributed by atoms with Crippen LogP contribution in [0.1, 0.15) is 35.5 Å². The number of ether oxygens (including phenoxy) is 1. The fourth-order valence-electron chi connectivity index (χ4n) is 3.04. The van der Waals surface area contributed by atoms with Crippen LogP contribution in [-0.2, 0) is 16.7 Å². The zero-order valence-corrected chi connectivity index (χ0v) is 17.6. The van der Waals surface area contributed by atoms with Gasteiger partial charge in [-0.2, -0.15) is 13.2 Å². The van der Waals surface area contributed by atoms with E-state index in [1.807, 2.05) is 0 Å². The van der Waals surface area contributed by atoms with Crippen LogP contribution in [0.15, 0.2) is 46.0 Å². The number of halogens is 5. The number of Topliss-reactive ketones (excluding diaryl/α,β-unsaturated/α-hetero) is 1. The summed E-state index contributed by atoms with van der Waals surface area (Å²) in [4.78, 5) is 20.4. The van der Waals surface area contributed by atoms with Crippen molar-refractivity contribution in [3.8, 4) is 0 Å². The number of nitrogens with two attached hydrogens (primary N) is 1. The SMILES string of the molecule is C[C@@]1(c2cc(CC(=O)c3ccc(Br)cn3)ccc2F)CO[C@@](C)(C(F)(F)F)C(N)=N1. The normalized spacial score (nSPS) is 24.4. The number of benzene rings is 1. The minimum Gasteiger partial charge on any atom is -0.385 e. The van der Waals surface area contributed by atoms with Crippen molar-refractivity contribution in [2.24, 2.45) is 10.7 Å². The van der Waals surface area contributed by atoms with Crippen molar-refractivity contribution < 1.29 is 27.1 Å². The van der Waals surface area contributed by atoms with Crippen LogP contribution in [0.5, 0.6) is 0 Å². The quantitative estimate of drug-likeness (QED) is 0.514. The Morgan fingerprint density at radius 3 is 2.53 bits per heavy atom. The van der Waals surface area contributed by atoms with Gasteiger partial charge < -0.3 is 10.5 Å². The van der Waals surface area contributed by atoms with E-state index in [0.717, 1.165) is 17.5 Å². The van der Waals surface area contributed by atoms with Gasteiger partial charge in [0.15, 0.2) is 5.78 Å². The molecule has 1 aromatic heterocycles. The zero-order chi connectivity index (χ0) is 22.3. The third-order valence-electron chi connectivity index (χ3n) is 5.03.